The molecule has 3 aromatic carbocycles. The Hall–Kier alpha value is -2.83. The molecule has 0 spiro atoms. The Morgan fingerprint density at radius 3 is 2.06 bits per heavy atom. The first-order chi connectivity index (χ1) is 15.9. The van der Waals surface area contributed by atoms with Crippen LogP contribution in [0.3, 0.4) is 0 Å². The van der Waals surface area contributed by atoms with Gasteiger partial charge in [0.15, 0.2) is 0 Å². The third-order valence-electron chi connectivity index (χ3n) is 6.19. The monoisotopic (exact) mass is 498 g/mol. The number of nitrogens with one attached hydrogen (secondary N) is 1. The number of hydrogen-bond donors (Lipinski definition) is 1. The summed E-state index contributed by atoms with van der Waals surface area (Å²) in [7, 11) is -4.00. The third kappa shape index (κ3) is 5.62. The van der Waals surface area contributed by atoms with Crippen LogP contribution in [0.5, 0.6) is 0 Å². The van der Waals surface area contributed by atoms with Crippen molar-refractivity contribution in [2.75, 3.05) is 10.8 Å². The van der Waals surface area contributed by atoms with Crippen LogP contribution in [0.15, 0.2) is 59.5 Å². The van der Waals surface area contributed by atoms with Crippen molar-refractivity contribution in [1.29, 1.82) is 0 Å². The van der Waals surface area contributed by atoms with Crippen LogP contribution in [-0.4, -0.2) is 20.9 Å². The molecule has 0 saturated heterocycles. The largest absolute Gasteiger partial charge is 0.348 e. The second-order valence-electron chi connectivity index (χ2n) is 8.82. The summed E-state index contributed by atoms with van der Waals surface area (Å²) in [6.45, 7) is 11.5. The minimum absolute atomic E-state index is 0.0704. The van der Waals surface area contributed by atoms with Gasteiger partial charge in [0, 0.05) is 5.02 Å². The molecule has 0 saturated carbocycles. The van der Waals surface area contributed by atoms with E-state index in [9.17, 15) is 13.2 Å². The van der Waals surface area contributed by atoms with Gasteiger partial charge in [-0.1, -0.05) is 29.8 Å². The molecule has 1 N–H and O–H groups in total. The van der Waals surface area contributed by atoms with Crippen LogP contribution in [-0.2, 0) is 14.8 Å². The summed E-state index contributed by atoms with van der Waals surface area (Å²) in [5, 5.41) is 3.41. The van der Waals surface area contributed by atoms with E-state index in [0.717, 1.165) is 32.1 Å². The zero-order valence-electron chi connectivity index (χ0n) is 20.4. The van der Waals surface area contributed by atoms with Crippen molar-refractivity contribution in [3.63, 3.8) is 0 Å². The van der Waals surface area contributed by atoms with Gasteiger partial charge in [0.1, 0.15) is 6.54 Å². The number of aryl methyl sites for hydroxylation is 5. The number of carbonyl (C=O) groups excluding carboxylic acids is 1. The summed E-state index contributed by atoms with van der Waals surface area (Å²) in [6.07, 6.45) is 0. The first-order valence-corrected chi connectivity index (χ1v) is 12.9. The maximum absolute atomic E-state index is 13.6. The van der Waals surface area contributed by atoms with Gasteiger partial charge in [-0.15, -0.1) is 0 Å². The van der Waals surface area contributed by atoms with Gasteiger partial charge in [0.2, 0.25) is 5.91 Å². The Balaban J connectivity index is 1.94. The van der Waals surface area contributed by atoms with Crippen molar-refractivity contribution in [2.24, 2.45) is 0 Å². The van der Waals surface area contributed by atoms with E-state index in [2.05, 4.69) is 24.4 Å². The van der Waals surface area contributed by atoms with Crippen molar-refractivity contribution in [3.05, 3.63) is 93.0 Å². The number of benzene rings is 3. The lowest BCUT2D eigenvalue weighted by Gasteiger charge is -2.26. The number of nitrogens with zero attached hydrogens (tertiary/aromatic N) is 1. The van der Waals surface area contributed by atoms with Crippen molar-refractivity contribution >= 4 is 33.2 Å². The van der Waals surface area contributed by atoms with Crippen molar-refractivity contribution in [1.82, 2.24) is 5.32 Å². The number of hydrogen-bond acceptors (Lipinski definition) is 3. The first kappa shape index (κ1) is 25.8. The highest BCUT2D eigenvalue weighted by Gasteiger charge is 2.28. The minimum atomic E-state index is -4.00. The zero-order valence-corrected chi connectivity index (χ0v) is 22.0. The Labute approximate surface area is 207 Å². The molecule has 0 fully saturated rings. The first-order valence-electron chi connectivity index (χ1n) is 11.1. The molecule has 180 valence electrons. The van der Waals surface area contributed by atoms with E-state index in [0.29, 0.717) is 10.7 Å². The Bertz CT molecular complexity index is 1320. The van der Waals surface area contributed by atoms with Crippen LogP contribution in [0.1, 0.15) is 46.3 Å². The second kappa shape index (κ2) is 10.2. The van der Waals surface area contributed by atoms with Crippen LogP contribution in [0.2, 0.25) is 5.02 Å². The van der Waals surface area contributed by atoms with E-state index in [1.54, 1.807) is 12.1 Å². The van der Waals surface area contributed by atoms with Crippen molar-refractivity contribution < 1.29 is 13.2 Å². The number of sulfonamides is 1. The fourth-order valence-electron chi connectivity index (χ4n) is 3.87. The van der Waals surface area contributed by atoms with E-state index in [1.807, 2.05) is 40.7 Å². The number of halogens is 1. The van der Waals surface area contributed by atoms with Gasteiger partial charge in [-0.3, -0.25) is 9.10 Å². The van der Waals surface area contributed by atoms with Crippen molar-refractivity contribution in [2.45, 2.75) is 52.5 Å². The van der Waals surface area contributed by atoms with Crippen molar-refractivity contribution in [3.8, 4) is 0 Å². The van der Waals surface area contributed by atoms with E-state index < -0.39 is 10.0 Å². The molecule has 5 nitrogen and oxygen atoms in total. The number of anilines is 1. The topological polar surface area (TPSA) is 66.5 Å². The normalized spacial score (nSPS) is 12.3. The summed E-state index contributed by atoms with van der Waals surface area (Å²) in [5.41, 5.74) is 6.83. The number of rotatable bonds is 7. The highest BCUT2D eigenvalue weighted by atomic mass is 35.5. The maximum Gasteiger partial charge on any atom is 0.264 e. The van der Waals surface area contributed by atoms with Gasteiger partial charge < -0.3 is 5.32 Å². The van der Waals surface area contributed by atoms with E-state index in [4.69, 9.17) is 11.6 Å². The molecule has 1 amide bonds. The standard InChI is InChI=1S/C27H31ClN2O3S/c1-17-7-10-24(14-19(17)3)30(34(32,33)25-11-8-23(28)9-12-25)16-27(31)29-22(6)26-15-20(4)18(2)13-21(26)5/h7-15,22H,16H2,1-6H3,(H,29,31)/t22-/m1/s1. The van der Waals surface area contributed by atoms with Gasteiger partial charge in [0.25, 0.3) is 10.0 Å². The molecule has 0 radical (unpaired) electrons. The number of amides is 1. The van der Waals surface area contributed by atoms with Gasteiger partial charge in [-0.25, -0.2) is 8.42 Å². The quantitative estimate of drug-likeness (QED) is 0.437. The Morgan fingerprint density at radius 2 is 1.44 bits per heavy atom. The molecule has 34 heavy (non-hydrogen) atoms. The molecule has 0 aliphatic heterocycles. The van der Waals surface area contributed by atoms with E-state index in [1.165, 1.54) is 29.8 Å². The lowest BCUT2D eigenvalue weighted by Crippen LogP contribution is -2.41. The molecule has 0 unspecified atom stereocenters. The summed E-state index contributed by atoms with van der Waals surface area (Å²) in [4.78, 5) is 13.2. The zero-order chi connectivity index (χ0) is 25.2. The SMILES string of the molecule is Cc1ccc(N(CC(=O)N[C@H](C)c2cc(C)c(C)cc2C)S(=O)(=O)c2ccc(Cl)cc2)cc1C. The van der Waals surface area contributed by atoms with Gasteiger partial charge >= 0.3 is 0 Å². The highest BCUT2D eigenvalue weighted by molar-refractivity contribution is 7.92. The third-order valence-corrected chi connectivity index (χ3v) is 8.23. The predicted octanol–water partition coefficient (Wildman–Crippen LogP) is 5.95. The fourth-order valence-corrected chi connectivity index (χ4v) is 5.41. The lowest BCUT2D eigenvalue weighted by atomic mass is 9.96. The molecule has 7 heteroatoms. The summed E-state index contributed by atoms with van der Waals surface area (Å²) < 4.78 is 28.3. The molecule has 1 atom stereocenters. The van der Waals surface area contributed by atoms with E-state index >= 15 is 0 Å². The molecule has 3 rings (SSSR count). The van der Waals surface area contributed by atoms with Crippen LogP contribution in [0, 0.1) is 34.6 Å². The summed E-state index contributed by atoms with van der Waals surface area (Å²) in [5.74, 6) is -0.388. The van der Waals surface area contributed by atoms with Crippen LogP contribution < -0.4 is 9.62 Å². The summed E-state index contributed by atoms with van der Waals surface area (Å²) in [6, 6.07) is 15.2. The fraction of sp³-hybridized carbons (Fsp3) is 0.296. The lowest BCUT2D eigenvalue weighted by molar-refractivity contribution is -0.120. The maximum atomic E-state index is 13.6. The highest BCUT2D eigenvalue weighted by Crippen LogP contribution is 2.27. The van der Waals surface area contributed by atoms with Gasteiger partial charge in [0.05, 0.1) is 16.6 Å². The van der Waals surface area contributed by atoms with E-state index in [-0.39, 0.29) is 23.4 Å². The second-order valence-corrected chi connectivity index (χ2v) is 11.1. The molecular formula is C27H31ClN2O3S. The number of carbonyl (C=O) groups is 1. The molecule has 0 bridgehead atoms. The molecule has 0 heterocycles. The van der Waals surface area contributed by atoms with Gasteiger partial charge in [-0.2, -0.15) is 0 Å². The summed E-state index contributed by atoms with van der Waals surface area (Å²) >= 11 is 5.96. The molecule has 0 aliphatic rings. The van der Waals surface area contributed by atoms with Crippen LogP contribution in [0.25, 0.3) is 0 Å². The van der Waals surface area contributed by atoms with Crippen LogP contribution in [0.4, 0.5) is 5.69 Å². The average molecular weight is 499 g/mol. The van der Waals surface area contributed by atoms with Gasteiger partial charge in [-0.05, 0) is 111 Å². The molecule has 0 aromatic heterocycles. The minimum Gasteiger partial charge on any atom is -0.348 e. The molecular weight excluding hydrogens is 468 g/mol. The Morgan fingerprint density at radius 1 is 0.853 bits per heavy atom. The Kier molecular flexibility index (Phi) is 7.74. The molecule has 3 aromatic rings. The smallest absolute Gasteiger partial charge is 0.264 e. The molecule has 0 aliphatic carbocycles. The predicted molar refractivity (Wildman–Crippen MR) is 139 cm³/mol. The average Bonchev–Trinajstić information content (AvgIpc) is 2.76. The van der Waals surface area contributed by atoms with Crippen LogP contribution >= 0.6 is 11.6 Å².